The van der Waals surface area contributed by atoms with Gasteiger partial charge in [-0.25, -0.2) is 0 Å². The van der Waals surface area contributed by atoms with Crippen LogP contribution in [0.1, 0.15) is 62.3 Å². The van der Waals surface area contributed by atoms with E-state index in [1.54, 1.807) is 34.3 Å². The second kappa shape index (κ2) is 8.70. The summed E-state index contributed by atoms with van der Waals surface area (Å²) in [6.07, 6.45) is 0. The maximum atomic E-state index is 2.76. The Balaban J connectivity index is 2.52. The van der Waals surface area contributed by atoms with E-state index in [1.807, 2.05) is 0 Å². The normalized spacial score (nSPS) is 24.2. The first-order valence-electron chi connectivity index (χ1n) is 11.9. The predicted octanol–water partition coefficient (Wildman–Crippen LogP) is 5.99. The van der Waals surface area contributed by atoms with Gasteiger partial charge in [0.1, 0.15) is 0 Å². The molecule has 174 valence electrons. The summed E-state index contributed by atoms with van der Waals surface area (Å²) in [5, 5.41) is 0. The van der Waals surface area contributed by atoms with Gasteiger partial charge in [-0.05, 0) is 0 Å². The number of hydrogen-bond acceptors (Lipinski definition) is 2. The average Bonchev–Trinajstić information content (AvgIpc) is 2.99. The summed E-state index contributed by atoms with van der Waals surface area (Å²) in [6, 6.07) is 11.6. The SMILES string of the molecule is CC1=C(C)C(C)(C)[C]([Zr]([N](C)C)([N](C)C)[C]2(C)C(C)=C(C)[C](C)=[Ge]2[c]2ccccc2)=C1C. The van der Waals surface area contributed by atoms with Crippen LogP contribution in [0.5, 0.6) is 0 Å². The molecule has 1 aromatic carbocycles. The van der Waals surface area contributed by atoms with Crippen molar-refractivity contribution < 1.29 is 20.8 Å². The molecule has 0 spiro atoms. The molecule has 0 N–H and O–H groups in total. The first-order valence-corrected chi connectivity index (χ1v) is 19.7. The van der Waals surface area contributed by atoms with Gasteiger partial charge < -0.3 is 0 Å². The molecule has 3 rings (SSSR count). The Hall–Kier alpha value is -0.344. The Kier molecular flexibility index (Phi) is 7.14. The summed E-state index contributed by atoms with van der Waals surface area (Å²) in [4.78, 5) is 0. The Labute approximate surface area is 207 Å². The molecule has 4 heteroatoms. The van der Waals surface area contributed by atoms with E-state index in [0.29, 0.717) is 0 Å². The summed E-state index contributed by atoms with van der Waals surface area (Å²) in [5.41, 5.74) is 8.03. The molecular weight excluding hydrogens is 528 g/mol. The second-order valence-corrected chi connectivity index (χ2v) is 31.5. The van der Waals surface area contributed by atoms with Gasteiger partial charge in [0.25, 0.3) is 0 Å². The van der Waals surface area contributed by atoms with Crippen molar-refractivity contribution in [2.24, 2.45) is 5.41 Å². The van der Waals surface area contributed by atoms with Crippen LogP contribution in [-0.2, 0) is 20.8 Å². The van der Waals surface area contributed by atoms with Crippen molar-refractivity contribution in [2.45, 2.75) is 64.3 Å². The molecule has 0 saturated heterocycles. The third-order valence-corrected chi connectivity index (χ3v) is 38.8. The van der Waals surface area contributed by atoms with E-state index >= 15 is 0 Å². The Bertz CT molecular complexity index is 1060. The van der Waals surface area contributed by atoms with E-state index in [-0.39, 0.29) is 7.37 Å². The van der Waals surface area contributed by atoms with E-state index < -0.39 is 34.8 Å². The van der Waals surface area contributed by atoms with E-state index in [4.69, 9.17) is 0 Å². The summed E-state index contributed by atoms with van der Waals surface area (Å²) < 4.78 is 10.9. The molecule has 1 aromatic rings. The van der Waals surface area contributed by atoms with Crippen LogP contribution >= 0.6 is 0 Å². The van der Waals surface area contributed by atoms with E-state index in [1.165, 1.54) is 5.57 Å². The molecule has 0 amide bonds. The van der Waals surface area contributed by atoms with E-state index in [2.05, 4.69) is 127 Å². The van der Waals surface area contributed by atoms with Crippen LogP contribution in [0.15, 0.2) is 61.5 Å². The summed E-state index contributed by atoms with van der Waals surface area (Å²) in [5.74, 6) is 0. The molecule has 0 bridgehead atoms. The van der Waals surface area contributed by atoms with Gasteiger partial charge in [-0.15, -0.1) is 0 Å². The van der Waals surface area contributed by atoms with Crippen LogP contribution < -0.4 is 4.40 Å². The van der Waals surface area contributed by atoms with E-state index in [9.17, 15) is 0 Å². The standard InChI is InChI=1S/C14H17Ge.C10H15.2C2H6N.Zr/c1-10-11(2)13(4)15(12(10)3)14-8-6-5-7-9-14;1-7-6-10(4,5)9(3)8(7)2;2*1-3-2;/h5-9H,1-4H3;1-5H3;2*1-2H3;/q;;2*-1;+2. The molecule has 1 unspecified atom stereocenters. The topological polar surface area (TPSA) is 6.48 Å². The zero-order chi connectivity index (χ0) is 24.4. The number of benzene rings is 1. The van der Waals surface area contributed by atoms with Crippen molar-refractivity contribution in [3.63, 3.8) is 0 Å². The molecule has 1 aliphatic carbocycles. The fraction of sp³-hybridized carbons (Fsp3) is 0.536. The van der Waals surface area contributed by atoms with Crippen LogP contribution in [0.4, 0.5) is 0 Å². The Morgan fingerprint density at radius 3 is 1.59 bits per heavy atom. The predicted molar refractivity (Wildman–Crippen MR) is 141 cm³/mol. The first-order chi connectivity index (χ1) is 14.7. The van der Waals surface area contributed by atoms with Crippen molar-refractivity contribution in [1.82, 2.24) is 5.69 Å². The van der Waals surface area contributed by atoms with Gasteiger partial charge in [0, 0.05) is 0 Å². The molecule has 0 aromatic heterocycles. The fourth-order valence-corrected chi connectivity index (χ4v) is 46.8. The van der Waals surface area contributed by atoms with Crippen molar-refractivity contribution in [1.29, 1.82) is 0 Å². The van der Waals surface area contributed by atoms with Crippen LogP contribution in [0.2, 0.25) is 1.96 Å². The average molecular weight is 573 g/mol. The van der Waals surface area contributed by atoms with Crippen molar-refractivity contribution >= 4 is 22.7 Å². The zero-order valence-electron chi connectivity index (χ0n) is 22.8. The van der Waals surface area contributed by atoms with Gasteiger partial charge in [-0.1, -0.05) is 0 Å². The Morgan fingerprint density at radius 1 is 0.688 bits per heavy atom. The molecule has 32 heavy (non-hydrogen) atoms. The summed E-state index contributed by atoms with van der Waals surface area (Å²) >= 11 is -5.37. The third-order valence-electron chi connectivity index (χ3n) is 9.22. The minimum absolute atomic E-state index is 0.104. The monoisotopic (exact) mass is 572 g/mol. The van der Waals surface area contributed by atoms with Crippen LogP contribution in [0.25, 0.3) is 0 Å². The van der Waals surface area contributed by atoms with Gasteiger partial charge >= 0.3 is 209 Å². The molecule has 0 radical (unpaired) electrons. The van der Waals surface area contributed by atoms with Gasteiger partial charge in [0.05, 0.1) is 0 Å². The Morgan fingerprint density at radius 2 is 1.19 bits per heavy atom. The van der Waals surface area contributed by atoms with Gasteiger partial charge in [0.2, 0.25) is 0 Å². The molecule has 0 fully saturated rings. The van der Waals surface area contributed by atoms with Gasteiger partial charge in [0.15, 0.2) is 0 Å². The molecule has 1 heterocycles. The molecule has 0 saturated carbocycles. The van der Waals surface area contributed by atoms with E-state index in [0.717, 1.165) is 0 Å². The zero-order valence-corrected chi connectivity index (χ0v) is 27.3. The van der Waals surface area contributed by atoms with Crippen LogP contribution in [0, 0.1) is 5.41 Å². The van der Waals surface area contributed by atoms with Crippen molar-refractivity contribution in [3.05, 3.63) is 61.5 Å². The third kappa shape index (κ3) is 3.24. The molecule has 2 aliphatic rings. The first kappa shape index (κ1) is 26.3. The number of rotatable bonds is 5. The second-order valence-electron chi connectivity index (χ2n) is 11.1. The molecular formula is C28H44GeN2Zr. The van der Waals surface area contributed by atoms with Crippen molar-refractivity contribution in [3.8, 4) is 0 Å². The number of allylic oxidation sites excluding steroid dienone is 6. The maximum absolute atomic E-state index is 3.49. The van der Waals surface area contributed by atoms with Gasteiger partial charge in [-0.2, -0.15) is 0 Å². The molecule has 2 nitrogen and oxygen atoms in total. The van der Waals surface area contributed by atoms with Gasteiger partial charge in [-0.3, -0.25) is 0 Å². The quantitative estimate of drug-likeness (QED) is 0.401. The molecule has 1 aliphatic heterocycles. The number of nitrogens with zero attached hydrogens (tertiary/aromatic N) is 2. The minimum atomic E-state index is -3.49. The van der Waals surface area contributed by atoms with Crippen LogP contribution in [-0.4, -0.2) is 52.1 Å². The van der Waals surface area contributed by atoms with Crippen LogP contribution in [0.3, 0.4) is 0 Å². The number of hydrogen-bond donors (Lipinski definition) is 0. The molecule has 1 atom stereocenters. The fourth-order valence-electron chi connectivity index (χ4n) is 7.23. The van der Waals surface area contributed by atoms with Crippen molar-refractivity contribution in [2.75, 3.05) is 28.2 Å². The summed E-state index contributed by atoms with van der Waals surface area (Å²) in [6.45, 7) is 22.2. The summed E-state index contributed by atoms with van der Waals surface area (Å²) in [7, 11) is 9.60.